The maximum Gasteiger partial charge on any atom is 0.414 e. The van der Waals surface area contributed by atoms with E-state index in [4.69, 9.17) is 34.0 Å². The second-order valence-corrected chi connectivity index (χ2v) is 9.22. The molecule has 0 spiro atoms. The monoisotopic (exact) mass is 514 g/mol. The van der Waals surface area contributed by atoms with E-state index in [0.717, 1.165) is 17.7 Å². The van der Waals surface area contributed by atoms with E-state index in [1.54, 1.807) is 21.3 Å². The Labute approximate surface area is 202 Å². The molecule has 3 rings (SSSR count). The largest absolute Gasteiger partial charge is 0.493 e. The summed E-state index contributed by atoms with van der Waals surface area (Å²) < 4.78 is 56.1. The smallest absolute Gasteiger partial charge is 0.414 e. The SMILES string of the molecule is COc1cc(CN2CCN(S(=O)(=O)c3ccc(F)cc3)CC2)cc(OC)c1OC.O=C(O)C(=O)O. The molecule has 0 bridgehead atoms. The number of sulfonamides is 1. The maximum absolute atomic E-state index is 13.1. The van der Waals surface area contributed by atoms with Gasteiger partial charge in [0.25, 0.3) is 0 Å². The van der Waals surface area contributed by atoms with Gasteiger partial charge in [0.05, 0.1) is 26.2 Å². The molecule has 192 valence electrons. The molecule has 35 heavy (non-hydrogen) atoms. The summed E-state index contributed by atoms with van der Waals surface area (Å²) in [4.78, 5) is 20.5. The van der Waals surface area contributed by atoms with Crippen molar-refractivity contribution in [1.82, 2.24) is 9.21 Å². The van der Waals surface area contributed by atoms with Gasteiger partial charge in [0.1, 0.15) is 5.82 Å². The second-order valence-electron chi connectivity index (χ2n) is 7.28. The molecule has 2 aromatic rings. The Morgan fingerprint density at radius 2 is 1.37 bits per heavy atom. The van der Waals surface area contributed by atoms with Crippen LogP contribution >= 0.6 is 0 Å². The Morgan fingerprint density at radius 3 is 1.77 bits per heavy atom. The van der Waals surface area contributed by atoms with Gasteiger partial charge in [-0.15, -0.1) is 0 Å². The zero-order chi connectivity index (χ0) is 26.2. The molecule has 0 saturated carbocycles. The van der Waals surface area contributed by atoms with Crippen LogP contribution in [0.3, 0.4) is 0 Å². The summed E-state index contributed by atoms with van der Waals surface area (Å²) in [5, 5.41) is 14.8. The Morgan fingerprint density at radius 1 is 0.886 bits per heavy atom. The molecular formula is C22H27FN2O9S. The predicted octanol–water partition coefficient (Wildman–Crippen LogP) is 1.51. The Hall–Kier alpha value is -3.42. The minimum absolute atomic E-state index is 0.108. The van der Waals surface area contributed by atoms with E-state index in [0.29, 0.717) is 50.0 Å². The topological polar surface area (TPSA) is 143 Å². The highest BCUT2D eigenvalue weighted by molar-refractivity contribution is 7.89. The molecule has 2 N–H and O–H groups in total. The standard InChI is InChI=1S/C20H25FN2O5S.C2H2O4/c1-26-18-12-15(13-19(27-2)20(18)28-3)14-22-8-10-23(11-9-22)29(24,25)17-6-4-16(21)5-7-17;3-1(4)2(5)6/h4-7,12-13H,8-11,14H2,1-3H3;(H,3,4)(H,5,6). The van der Waals surface area contributed by atoms with Crippen molar-refractivity contribution in [2.45, 2.75) is 11.4 Å². The first-order valence-electron chi connectivity index (χ1n) is 10.3. The minimum Gasteiger partial charge on any atom is -0.493 e. The first kappa shape index (κ1) is 27.8. The zero-order valence-corrected chi connectivity index (χ0v) is 20.2. The molecule has 11 nitrogen and oxygen atoms in total. The van der Waals surface area contributed by atoms with Crippen molar-refractivity contribution in [2.24, 2.45) is 0 Å². The molecule has 2 aromatic carbocycles. The van der Waals surface area contributed by atoms with Crippen molar-refractivity contribution in [1.29, 1.82) is 0 Å². The number of carboxylic acid groups (broad SMARTS) is 2. The number of methoxy groups -OCH3 is 3. The molecule has 1 saturated heterocycles. The number of hydrogen-bond donors (Lipinski definition) is 2. The van der Waals surface area contributed by atoms with E-state index < -0.39 is 27.8 Å². The van der Waals surface area contributed by atoms with Crippen LogP contribution < -0.4 is 14.2 Å². The molecule has 0 amide bonds. The van der Waals surface area contributed by atoms with E-state index >= 15 is 0 Å². The van der Waals surface area contributed by atoms with Crippen molar-refractivity contribution in [2.75, 3.05) is 47.5 Å². The van der Waals surface area contributed by atoms with Crippen LogP contribution in [0.2, 0.25) is 0 Å². The van der Waals surface area contributed by atoms with Crippen LogP contribution in [0.25, 0.3) is 0 Å². The number of carboxylic acids is 2. The first-order chi connectivity index (χ1) is 16.5. The Bertz CT molecular complexity index is 1100. The Balaban J connectivity index is 0.000000641. The predicted molar refractivity (Wildman–Crippen MR) is 122 cm³/mol. The van der Waals surface area contributed by atoms with E-state index in [1.165, 1.54) is 16.4 Å². The normalized spacial score (nSPS) is 14.4. The van der Waals surface area contributed by atoms with E-state index in [9.17, 15) is 12.8 Å². The van der Waals surface area contributed by atoms with Gasteiger partial charge in [-0.25, -0.2) is 22.4 Å². The van der Waals surface area contributed by atoms with Crippen LogP contribution in [-0.2, 0) is 26.2 Å². The van der Waals surface area contributed by atoms with Crippen molar-refractivity contribution in [3.8, 4) is 17.2 Å². The molecule has 0 unspecified atom stereocenters. The number of halogens is 1. The summed E-state index contributed by atoms with van der Waals surface area (Å²) in [6.45, 7) is 2.52. The summed E-state index contributed by atoms with van der Waals surface area (Å²) in [6, 6.07) is 8.70. The average molecular weight is 515 g/mol. The highest BCUT2D eigenvalue weighted by Gasteiger charge is 2.28. The number of nitrogens with zero attached hydrogens (tertiary/aromatic N) is 2. The second kappa shape index (κ2) is 12.3. The average Bonchev–Trinajstić information content (AvgIpc) is 2.84. The fraction of sp³-hybridized carbons (Fsp3) is 0.364. The van der Waals surface area contributed by atoms with Crippen molar-refractivity contribution < 1.29 is 46.8 Å². The van der Waals surface area contributed by atoms with Gasteiger partial charge in [-0.2, -0.15) is 4.31 Å². The van der Waals surface area contributed by atoms with Gasteiger partial charge in [-0.05, 0) is 42.0 Å². The van der Waals surface area contributed by atoms with Gasteiger partial charge < -0.3 is 24.4 Å². The van der Waals surface area contributed by atoms with Gasteiger partial charge in [0.2, 0.25) is 15.8 Å². The molecule has 1 aliphatic rings. The highest BCUT2D eigenvalue weighted by atomic mass is 32.2. The first-order valence-corrected chi connectivity index (χ1v) is 11.7. The van der Waals surface area contributed by atoms with Crippen LogP contribution in [0.4, 0.5) is 4.39 Å². The van der Waals surface area contributed by atoms with Crippen LogP contribution in [0.1, 0.15) is 5.56 Å². The van der Waals surface area contributed by atoms with Gasteiger partial charge in [-0.1, -0.05) is 0 Å². The fourth-order valence-corrected chi connectivity index (χ4v) is 4.79. The molecule has 0 radical (unpaired) electrons. The molecule has 0 aromatic heterocycles. The van der Waals surface area contributed by atoms with E-state index in [-0.39, 0.29) is 4.90 Å². The molecule has 1 fully saturated rings. The molecule has 0 atom stereocenters. The van der Waals surface area contributed by atoms with Gasteiger partial charge >= 0.3 is 11.9 Å². The third-order valence-corrected chi connectivity index (χ3v) is 7.01. The van der Waals surface area contributed by atoms with Crippen LogP contribution in [0.15, 0.2) is 41.3 Å². The van der Waals surface area contributed by atoms with E-state index in [1.807, 2.05) is 12.1 Å². The summed E-state index contributed by atoms with van der Waals surface area (Å²) >= 11 is 0. The molecule has 0 aliphatic carbocycles. The fourth-order valence-electron chi connectivity index (χ4n) is 3.37. The molecule has 1 heterocycles. The van der Waals surface area contributed by atoms with Crippen LogP contribution in [0, 0.1) is 5.82 Å². The number of ether oxygens (including phenoxy) is 3. The van der Waals surface area contributed by atoms with E-state index in [2.05, 4.69) is 4.90 Å². The number of benzene rings is 2. The minimum atomic E-state index is -3.62. The maximum atomic E-state index is 13.1. The van der Waals surface area contributed by atoms with Crippen LogP contribution in [-0.4, -0.2) is 87.3 Å². The third-order valence-electron chi connectivity index (χ3n) is 5.10. The molecule has 13 heteroatoms. The van der Waals surface area contributed by atoms with Crippen LogP contribution in [0.5, 0.6) is 17.2 Å². The number of piperazine rings is 1. The number of rotatable bonds is 7. The summed E-state index contributed by atoms with van der Waals surface area (Å²) in [7, 11) is 1.07. The lowest BCUT2D eigenvalue weighted by Crippen LogP contribution is -2.48. The lowest BCUT2D eigenvalue weighted by atomic mass is 10.1. The number of hydrogen-bond acceptors (Lipinski definition) is 8. The zero-order valence-electron chi connectivity index (χ0n) is 19.4. The Kier molecular flexibility index (Phi) is 9.80. The third kappa shape index (κ3) is 7.28. The van der Waals surface area contributed by atoms with Crippen molar-refractivity contribution in [3.63, 3.8) is 0 Å². The van der Waals surface area contributed by atoms with Gasteiger partial charge in [0, 0.05) is 32.7 Å². The highest BCUT2D eigenvalue weighted by Crippen LogP contribution is 2.38. The number of carbonyl (C=O) groups is 2. The quantitative estimate of drug-likeness (QED) is 0.522. The summed E-state index contributed by atoms with van der Waals surface area (Å²) in [6.07, 6.45) is 0. The summed E-state index contributed by atoms with van der Waals surface area (Å²) in [5.74, 6) is -2.41. The summed E-state index contributed by atoms with van der Waals surface area (Å²) in [5.41, 5.74) is 0.981. The lowest BCUT2D eigenvalue weighted by molar-refractivity contribution is -0.159. The molecular weight excluding hydrogens is 487 g/mol. The van der Waals surface area contributed by atoms with Gasteiger partial charge in [0.15, 0.2) is 11.5 Å². The lowest BCUT2D eigenvalue weighted by Gasteiger charge is -2.34. The van der Waals surface area contributed by atoms with Gasteiger partial charge in [-0.3, -0.25) is 4.90 Å². The molecule has 1 aliphatic heterocycles. The number of aliphatic carboxylic acids is 2. The van der Waals surface area contributed by atoms with Crippen molar-refractivity contribution in [3.05, 3.63) is 47.8 Å². The van der Waals surface area contributed by atoms with Crippen molar-refractivity contribution >= 4 is 22.0 Å².